The zero-order valence-electron chi connectivity index (χ0n) is 16.2. The lowest BCUT2D eigenvalue weighted by atomic mass is 10.0. The minimum atomic E-state index is -0.538. The molecule has 2 heterocycles. The largest absolute Gasteiger partial charge is 0.313 e. The molecule has 6 heteroatoms. The Morgan fingerprint density at radius 2 is 1.70 bits per heavy atom. The van der Waals surface area contributed by atoms with Crippen molar-refractivity contribution in [2.45, 2.75) is 13.3 Å². The number of pyridine rings is 1. The van der Waals surface area contributed by atoms with Crippen LogP contribution >= 0.6 is 0 Å². The van der Waals surface area contributed by atoms with E-state index < -0.39 is 4.92 Å². The van der Waals surface area contributed by atoms with Crippen LogP contribution in [-0.2, 0) is 6.42 Å². The van der Waals surface area contributed by atoms with Gasteiger partial charge in [0.25, 0.3) is 5.69 Å². The number of ketones is 2. The van der Waals surface area contributed by atoms with E-state index >= 15 is 0 Å². The van der Waals surface area contributed by atoms with E-state index in [0.717, 1.165) is 11.1 Å². The van der Waals surface area contributed by atoms with E-state index in [0.29, 0.717) is 23.2 Å². The number of nitro benzene ring substituents is 1. The molecular formula is C24H18N2O4. The van der Waals surface area contributed by atoms with Crippen LogP contribution in [0, 0.1) is 10.1 Å². The number of rotatable bonds is 6. The second kappa shape index (κ2) is 7.75. The maximum absolute atomic E-state index is 13.1. The molecule has 0 amide bonds. The smallest absolute Gasteiger partial charge is 0.270 e. The van der Waals surface area contributed by atoms with Crippen molar-refractivity contribution in [3.8, 4) is 0 Å². The topological polar surface area (TPSA) is 81.7 Å². The van der Waals surface area contributed by atoms with Gasteiger partial charge in [0.2, 0.25) is 5.78 Å². The van der Waals surface area contributed by atoms with Crippen molar-refractivity contribution >= 4 is 22.8 Å². The van der Waals surface area contributed by atoms with Gasteiger partial charge in [-0.1, -0.05) is 42.5 Å². The highest BCUT2D eigenvalue weighted by atomic mass is 16.6. The van der Waals surface area contributed by atoms with Gasteiger partial charge in [0, 0.05) is 29.5 Å². The third-order valence-electron chi connectivity index (χ3n) is 5.02. The fourth-order valence-corrected chi connectivity index (χ4v) is 3.55. The van der Waals surface area contributed by atoms with Gasteiger partial charge >= 0.3 is 0 Å². The second-order valence-electron chi connectivity index (χ2n) is 7.09. The van der Waals surface area contributed by atoms with Crippen LogP contribution in [0.25, 0.3) is 5.52 Å². The number of Topliss-reactive ketones (excluding diaryl/α,β-unsaturated/α-hetero) is 1. The zero-order chi connectivity index (χ0) is 21.3. The molecule has 2 aromatic heterocycles. The van der Waals surface area contributed by atoms with Crippen molar-refractivity contribution in [1.29, 1.82) is 0 Å². The van der Waals surface area contributed by atoms with Crippen molar-refractivity contribution in [2.75, 3.05) is 0 Å². The summed E-state index contributed by atoms with van der Waals surface area (Å²) in [4.78, 5) is 35.8. The fourth-order valence-electron chi connectivity index (χ4n) is 3.55. The predicted molar refractivity (Wildman–Crippen MR) is 113 cm³/mol. The minimum absolute atomic E-state index is 0.151. The third-order valence-corrected chi connectivity index (χ3v) is 5.02. The van der Waals surface area contributed by atoms with Gasteiger partial charge in [-0.25, -0.2) is 0 Å². The first kappa shape index (κ1) is 19.3. The lowest BCUT2D eigenvalue weighted by Crippen LogP contribution is -2.06. The van der Waals surface area contributed by atoms with E-state index in [4.69, 9.17) is 0 Å². The lowest BCUT2D eigenvalue weighted by Gasteiger charge is -2.06. The standard InChI is InChI=1S/C24H18N2O4/c1-16(27)21-15-23(24(28)19-8-5-9-20(14-19)26(29)30)25-11-10-18(13-22(21)25)12-17-6-3-2-4-7-17/h2-11,13-15H,12H2,1H3. The summed E-state index contributed by atoms with van der Waals surface area (Å²) < 4.78 is 1.67. The van der Waals surface area contributed by atoms with Crippen molar-refractivity contribution in [3.05, 3.63) is 117 Å². The van der Waals surface area contributed by atoms with Gasteiger partial charge in [-0.3, -0.25) is 19.7 Å². The van der Waals surface area contributed by atoms with Crippen molar-refractivity contribution in [3.63, 3.8) is 0 Å². The predicted octanol–water partition coefficient (Wildman–Crippen LogP) is 4.87. The Hall–Kier alpha value is -4.06. The Kier molecular flexibility index (Phi) is 4.98. The Morgan fingerprint density at radius 1 is 0.933 bits per heavy atom. The summed E-state index contributed by atoms with van der Waals surface area (Å²) in [6, 6.07) is 21.0. The molecule has 0 N–H and O–H groups in total. The molecule has 0 spiro atoms. The lowest BCUT2D eigenvalue weighted by molar-refractivity contribution is -0.384. The molecule has 4 rings (SSSR count). The van der Waals surface area contributed by atoms with Crippen LogP contribution in [0.2, 0.25) is 0 Å². The second-order valence-corrected chi connectivity index (χ2v) is 7.09. The van der Waals surface area contributed by atoms with E-state index in [2.05, 4.69) is 0 Å². The number of non-ortho nitro benzene ring substituents is 1. The number of hydrogen-bond donors (Lipinski definition) is 0. The molecule has 0 aliphatic rings. The minimum Gasteiger partial charge on any atom is -0.313 e. The molecule has 0 aliphatic carbocycles. The first-order chi connectivity index (χ1) is 14.4. The first-order valence-electron chi connectivity index (χ1n) is 9.42. The van der Waals surface area contributed by atoms with Crippen LogP contribution in [0.5, 0.6) is 0 Å². The molecule has 6 nitrogen and oxygen atoms in total. The van der Waals surface area contributed by atoms with Gasteiger partial charge in [-0.05, 0) is 42.7 Å². The number of hydrogen-bond acceptors (Lipinski definition) is 4. The van der Waals surface area contributed by atoms with Crippen molar-refractivity contribution in [1.82, 2.24) is 4.40 Å². The van der Waals surface area contributed by atoms with Crippen molar-refractivity contribution in [2.24, 2.45) is 0 Å². The molecule has 148 valence electrons. The molecule has 0 saturated carbocycles. The monoisotopic (exact) mass is 398 g/mol. The number of carbonyl (C=O) groups excluding carboxylic acids is 2. The summed E-state index contributed by atoms with van der Waals surface area (Å²) in [5.74, 6) is -0.528. The summed E-state index contributed by atoms with van der Waals surface area (Å²) in [6.45, 7) is 1.46. The van der Waals surface area contributed by atoms with Crippen LogP contribution in [0.1, 0.15) is 44.5 Å². The van der Waals surface area contributed by atoms with Crippen LogP contribution in [0.15, 0.2) is 79.0 Å². The quantitative estimate of drug-likeness (QED) is 0.264. The molecule has 0 fully saturated rings. The molecule has 0 atom stereocenters. The maximum atomic E-state index is 13.1. The molecular weight excluding hydrogens is 380 g/mol. The highest BCUT2D eigenvalue weighted by Crippen LogP contribution is 2.24. The van der Waals surface area contributed by atoms with Crippen LogP contribution in [0.4, 0.5) is 5.69 Å². The molecule has 30 heavy (non-hydrogen) atoms. The average molecular weight is 398 g/mol. The molecule has 0 unspecified atom stereocenters. The Morgan fingerprint density at radius 3 is 2.40 bits per heavy atom. The number of nitro groups is 1. The highest BCUT2D eigenvalue weighted by Gasteiger charge is 2.20. The molecule has 2 aromatic carbocycles. The zero-order valence-corrected chi connectivity index (χ0v) is 16.2. The molecule has 0 saturated heterocycles. The Labute approximate surface area is 172 Å². The number of fused-ring (bicyclic) bond motifs is 1. The van der Waals surface area contributed by atoms with E-state index in [1.807, 2.05) is 42.5 Å². The normalized spacial score (nSPS) is 10.8. The number of nitrogens with zero attached hydrogens (tertiary/aromatic N) is 2. The van der Waals surface area contributed by atoms with Crippen LogP contribution < -0.4 is 0 Å². The van der Waals surface area contributed by atoms with Gasteiger partial charge < -0.3 is 4.40 Å². The van der Waals surface area contributed by atoms with Gasteiger partial charge in [-0.2, -0.15) is 0 Å². The Bertz CT molecular complexity index is 1290. The van der Waals surface area contributed by atoms with Crippen molar-refractivity contribution < 1.29 is 14.5 Å². The molecule has 0 aliphatic heterocycles. The van der Waals surface area contributed by atoms with E-state index in [-0.39, 0.29) is 22.8 Å². The summed E-state index contributed by atoms with van der Waals surface area (Å²) in [5, 5.41) is 11.0. The summed E-state index contributed by atoms with van der Waals surface area (Å²) >= 11 is 0. The van der Waals surface area contributed by atoms with E-state index in [9.17, 15) is 19.7 Å². The summed E-state index contributed by atoms with van der Waals surface area (Å²) in [6.07, 6.45) is 2.47. The fraction of sp³-hybridized carbons (Fsp3) is 0.0833. The van der Waals surface area contributed by atoms with Gasteiger partial charge in [0.1, 0.15) is 0 Å². The van der Waals surface area contributed by atoms with Gasteiger partial charge in [0.15, 0.2) is 5.78 Å². The van der Waals surface area contributed by atoms with Crippen LogP contribution in [0.3, 0.4) is 0 Å². The van der Waals surface area contributed by atoms with Crippen LogP contribution in [-0.4, -0.2) is 20.9 Å². The number of carbonyl (C=O) groups is 2. The van der Waals surface area contributed by atoms with E-state index in [1.54, 1.807) is 16.7 Å². The molecule has 0 radical (unpaired) electrons. The Balaban J connectivity index is 1.79. The number of aromatic nitrogens is 1. The SMILES string of the molecule is CC(=O)c1cc(C(=O)c2cccc([N+](=O)[O-])c2)n2ccc(Cc3ccccc3)cc12. The van der Waals surface area contributed by atoms with Gasteiger partial charge in [0.05, 0.1) is 16.1 Å². The maximum Gasteiger partial charge on any atom is 0.270 e. The number of benzene rings is 2. The third kappa shape index (κ3) is 3.63. The molecule has 0 bridgehead atoms. The van der Waals surface area contributed by atoms with Gasteiger partial charge in [-0.15, -0.1) is 0 Å². The van der Waals surface area contributed by atoms with E-state index in [1.165, 1.54) is 31.2 Å². The summed E-state index contributed by atoms with van der Waals surface area (Å²) in [7, 11) is 0. The average Bonchev–Trinajstić information content (AvgIpc) is 3.13. The first-order valence-corrected chi connectivity index (χ1v) is 9.42. The molecule has 4 aromatic rings. The highest BCUT2D eigenvalue weighted by molar-refractivity contribution is 6.12. The summed E-state index contributed by atoms with van der Waals surface area (Å²) in [5.41, 5.74) is 3.59.